The van der Waals surface area contributed by atoms with E-state index >= 15 is 0 Å². The average Bonchev–Trinajstić information content (AvgIpc) is 2.66. The van der Waals surface area contributed by atoms with Gasteiger partial charge in [0, 0.05) is 0 Å². The largest absolute Gasteiger partial charge is 0.548 e. The zero-order chi connectivity index (χ0) is 16.5. The Labute approximate surface area is 126 Å². The minimum absolute atomic E-state index is 0.0639. The van der Waals surface area contributed by atoms with E-state index in [1.54, 1.807) is 0 Å². The molecule has 0 saturated carbocycles. The van der Waals surface area contributed by atoms with Gasteiger partial charge < -0.3 is 9.90 Å². The van der Waals surface area contributed by atoms with Crippen molar-refractivity contribution in [2.45, 2.75) is 6.18 Å². The van der Waals surface area contributed by atoms with Crippen LogP contribution in [0, 0.1) is 0 Å². The minimum Gasteiger partial charge on any atom is -0.548 e. The highest BCUT2D eigenvalue weighted by Crippen LogP contribution is 2.33. The topological polar surface area (TPSA) is 77.5 Å². The molecule has 0 aliphatic carbocycles. The summed E-state index contributed by atoms with van der Waals surface area (Å²) in [4.78, 5) is 34.2. The van der Waals surface area contributed by atoms with E-state index in [1.165, 1.54) is 6.08 Å². The van der Waals surface area contributed by atoms with E-state index in [9.17, 15) is 32.7 Å². The van der Waals surface area contributed by atoms with Crippen LogP contribution in [0.15, 0.2) is 29.2 Å². The van der Waals surface area contributed by atoms with Crippen molar-refractivity contribution in [1.29, 1.82) is 0 Å². The Morgan fingerprint density at radius 3 is 2.32 bits per heavy atom. The molecule has 2 amide bonds. The van der Waals surface area contributed by atoms with Gasteiger partial charge in [-0.2, -0.15) is 13.2 Å². The maximum atomic E-state index is 12.4. The average molecular weight is 330 g/mol. The summed E-state index contributed by atoms with van der Waals surface area (Å²) in [5, 5.41) is 9.68. The summed E-state index contributed by atoms with van der Waals surface area (Å²) in [5.74, 6) is -2.41. The molecule has 1 fully saturated rings. The molecule has 5 nitrogen and oxygen atoms in total. The number of hydrogen-bond donors (Lipinski definition) is 0. The zero-order valence-electron chi connectivity index (χ0n) is 10.7. The number of aliphatic carboxylic acids is 1. The Morgan fingerprint density at radius 1 is 1.23 bits per heavy atom. The van der Waals surface area contributed by atoms with Crippen LogP contribution in [0.25, 0.3) is 6.08 Å². The molecule has 1 aromatic rings. The molecule has 1 heterocycles. The quantitative estimate of drug-likeness (QED) is 0.785. The second kappa shape index (κ2) is 5.84. The van der Waals surface area contributed by atoms with Crippen LogP contribution >= 0.6 is 11.8 Å². The molecular weight excluding hydrogens is 323 g/mol. The first-order chi connectivity index (χ1) is 10.2. The highest BCUT2D eigenvalue weighted by molar-refractivity contribution is 8.18. The lowest BCUT2D eigenvalue weighted by molar-refractivity contribution is -0.305. The van der Waals surface area contributed by atoms with E-state index < -0.39 is 35.4 Å². The van der Waals surface area contributed by atoms with Gasteiger partial charge in [0.2, 0.25) is 0 Å². The van der Waals surface area contributed by atoms with Crippen LogP contribution in [0.5, 0.6) is 0 Å². The van der Waals surface area contributed by atoms with Gasteiger partial charge in [0.25, 0.3) is 11.1 Å². The summed E-state index contributed by atoms with van der Waals surface area (Å²) in [6, 6.07) is 3.99. The third-order valence-corrected chi connectivity index (χ3v) is 3.60. The molecule has 22 heavy (non-hydrogen) atoms. The summed E-state index contributed by atoms with van der Waals surface area (Å²) in [5.41, 5.74) is -0.554. The van der Waals surface area contributed by atoms with E-state index in [0.717, 1.165) is 24.3 Å². The molecule has 1 aliphatic rings. The molecule has 0 radical (unpaired) electrons. The molecule has 2 rings (SSSR count). The predicted molar refractivity (Wildman–Crippen MR) is 69.1 cm³/mol. The number of carbonyl (C=O) groups is 3. The van der Waals surface area contributed by atoms with Crippen molar-refractivity contribution >= 4 is 35.0 Å². The number of amides is 2. The van der Waals surface area contributed by atoms with Crippen LogP contribution in [0.4, 0.5) is 18.0 Å². The number of imide groups is 1. The molecule has 9 heteroatoms. The lowest BCUT2D eigenvalue weighted by atomic mass is 10.1. The molecule has 0 N–H and O–H groups in total. The summed E-state index contributed by atoms with van der Waals surface area (Å²) in [7, 11) is 0. The number of carboxylic acids is 1. The molecule has 0 atom stereocenters. The normalized spacial score (nSPS) is 17.4. The van der Waals surface area contributed by atoms with E-state index in [4.69, 9.17) is 0 Å². The number of thioether (sulfide) groups is 1. The Balaban J connectivity index is 2.22. The number of halogens is 3. The highest BCUT2D eigenvalue weighted by Gasteiger charge is 2.35. The summed E-state index contributed by atoms with van der Waals surface area (Å²) in [6.45, 7) is -0.866. The fraction of sp³-hybridized carbons (Fsp3) is 0.154. The summed E-state index contributed by atoms with van der Waals surface area (Å²) < 4.78 is 37.3. The Hall–Kier alpha value is -2.29. The number of carboxylic acid groups (broad SMARTS) is 1. The fourth-order valence-electron chi connectivity index (χ4n) is 1.69. The number of hydrogen-bond acceptors (Lipinski definition) is 5. The summed E-state index contributed by atoms with van der Waals surface area (Å²) in [6.07, 6.45) is -3.24. The first kappa shape index (κ1) is 16.1. The van der Waals surface area contributed by atoms with Gasteiger partial charge in [0.05, 0.1) is 23.0 Å². The van der Waals surface area contributed by atoms with Gasteiger partial charge in [-0.15, -0.1) is 0 Å². The number of rotatable bonds is 3. The Kier molecular flexibility index (Phi) is 4.27. The monoisotopic (exact) mass is 330 g/mol. The maximum Gasteiger partial charge on any atom is 0.416 e. The van der Waals surface area contributed by atoms with Crippen LogP contribution in [-0.2, 0) is 15.8 Å². The lowest BCUT2D eigenvalue weighted by Crippen LogP contribution is -2.40. The maximum absolute atomic E-state index is 12.4. The minimum atomic E-state index is -4.47. The number of carbonyl (C=O) groups excluding carboxylic acids is 3. The predicted octanol–water partition coefficient (Wildman–Crippen LogP) is 1.49. The second-order valence-electron chi connectivity index (χ2n) is 4.26. The molecule has 1 aromatic carbocycles. The van der Waals surface area contributed by atoms with Gasteiger partial charge in [-0.3, -0.25) is 14.5 Å². The van der Waals surface area contributed by atoms with Crippen LogP contribution in [-0.4, -0.2) is 28.6 Å². The Bertz CT molecular complexity index is 667. The highest BCUT2D eigenvalue weighted by atomic mass is 32.2. The Morgan fingerprint density at radius 2 is 1.82 bits per heavy atom. The third kappa shape index (κ3) is 3.48. The van der Waals surface area contributed by atoms with Crippen molar-refractivity contribution in [3.63, 3.8) is 0 Å². The van der Waals surface area contributed by atoms with Crippen LogP contribution < -0.4 is 5.11 Å². The number of nitrogens with zero attached hydrogens (tertiary/aromatic N) is 1. The van der Waals surface area contributed by atoms with Gasteiger partial charge in [-0.1, -0.05) is 12.1 Å². The molecule has 1 aliphatic heterocycles. The van der Waals surface area contributed by atoms with Gasteiger partial charge >= 0.3 is 6.18 Å². The standard InChI is InChI=1S/C13H8F3NO4S/c14-13(15,16)8-3-1-7(2-4-8)5-9-11(20)17(6-10(18)19)12(21)22-9/h1-5H,6H2,(H,18,19)/p-1/b9-5-. The SMILES string of the molecule is O=C([O-])CN1C(=O)S/C(=C\c2ccc(C(F)(F)F)cc2)C1=O. The van der Waals surface area contributed by atoms with Crippen molar-refractivity contribution in [2.75, 3.05) is 6.54 Å². The van der Waals surface area contributed by atoms with Gasteiger partial charge in [0.1, 0.15) is 0 Å². The van der Waals surface area contributed by atoms with Crippen LogP contribution in [0.2, 0.25) is 0 Å². The van der Waals surface area contributed by atoms with Crippen LogP contribution in [0.1, 0.15) is 11.1 Å². The van der Waals surface area contributed by atoms with E-state index in [2.05, 4.69) is 0 Å². The molecule has 116 valence electrons. The number of benzene rings is 1. The number of alkyl halides is 3. The molecule has 0 bridgehead atoms. The van der Waals surface area contributed by atoms with Crippen molar-refractivity contribution in [2.24, 2.45) is 0 Å². The van der Waals surface area contributed by atoms with E-state index in [-0.39, 0.29) is 10.5 Å². The first-order valence-corrected chi connectivity index (χ1v) is 6.62. The smallest absolute Gasteiger partial charge is 0.416 e. The van der Waals surface area contributed by atoms with Crippen molar-refractivity contribution < 1.29 is 32.7 Å². The lowest BCUT2D eigenvalue weighted by Gasteiger charge is -2.12. The van der Waals surface area contributed by atoms with Crippen molar-refractivity contribution in [1.82, 2.24) is 4.90 Å². The molecular formula is C13H7F3NO4S-. The molecule has 0 unspecified atom stereocenters. The third-order valence-electron chi connectivity index (χ3n) is 2.70. The molecule has 1 saturated heterocycles. The fourth-order valence-corrected chi connectivity index (χ4v) is 2.52. The van der Waals surface area contributed by atoms with E-state index in [1.807, 2.05) is 0 Å². The van der Waals surface area contributed by atoms with Crippen molar-refractivity contribution in [3.8, 4) is 0 Å². The second-order valence-corrected chi connectivity index (χ2v) is 5.25. The zero-order valence-corrected chi connectivity index (χ0v) is 11.5. The summed E-state index contributed by atoms with van der Waals surface area (Å²) >= 11 is 0.514. The molecule has 0 spiro atoms. The van der Waals surface area contributed by atoms with E-state index in [0.29, 0.717) is 16.7 Å². The molecule has 0 aromatic heterocycles. The van der Waals surface area contributed by atoms with Crippen LogP contribution in [0.3, 0.4) is 0 Å². The van der Waals surface area contributed by atoms with Gasteiger partial charge in [0.15, 0.2) is 0 Å². The van der Waals surface area contributed by atoms with Gasteiger partial charge in [-0.25, -0.2) is 0 Å². The van der Waals surface area contributed by atoms with Gasteiger partial charge in [-0.05, 0) is 35.5 Å². The van der Waals surface area contributed by atoms with Crippen molar-refractivity contribution in [3.05, 3.63) is 40.3 Å². The first-order valence-electron chi connectivity index (χ1n) is 5.81.